The van der Waals surface area contributed by atoms with Crippen LogP contribution in [0.25, 0.3) is 0 Å². The molecule has 0 aliphatic heterocycles. The number of nitrogens with two attached hydrogens (primary N) is 1. The molecule has 0 bridgehead atoms. The highest BCUT2D eigenvalue weighted by molar-refractivity contribution is 7.80. The summed E-state index contributed by atoms with van der Waals surface area (Å²) in [5.41, 5.74) is 8.75. The van der Waals surface area contributed by atoms with Crippen LogP contribution >= 0.6 is 12.2 Å². The van der Waals surface area contributed by atoms with E-state index in [0.717, 1.165) is 29.0 Å². The zero-order chi connectivity index (χ0) is 15.2. The molecule has 0 unspecified atom stereocenters. The molecule has 0 saturated carbocycles. The Balaban J connectivity index is 1.96. The lowest BCUT2D eigenvalue weighted by Gasteiger charge is -2.11. The largest absolute Gasteiger partial charge is 0.497 e. The molecule has 110 valence electrons. The molecule has 2 rings (SSSR count). The van der Waals surface area contributed by atoms with Gasteiger partial charge in [-0.15, -0.1) is 0 Å². The lowest BCUT2D eigenvalue weighted by molar-refractivity contribution is 0.319. The Morgan fingerprint density at radius 2 is 1.86 bits per heavy atom. The third-order valence-corrected chi connectivity index (χ3v) is 3.52. The molecular weight excluding hydrogens is 282 g/mol. The van der Waals surface area contributed by atoms with E-state index in [0.29, 0.717) is 11.6 Å². The first-order valence-electron chi connectivity index (χ1n) is 6.76. The molecule has 3 nitrogen and oxygen atoms in total. The molecule has 4 heteroatoms. The van der Waals surface area contributed by atoms with Gasteiger partial charge in [0.25, 0.3) is 0 Å². The summed E-state index contributed by atoms with van der Waals surface area (Å²) in [4.78, 5) is 0.384. The Hall–Kier alpha value is -2.07. The Labute approximate surface area is 130 Å². The van der Waals surface area contributed by atoms with Gasteiger partial charge >= 0.3 is 0 Å². The second-order valence-electron chi connectivity index (χ2n) is 4.79. The second kappa shape index (κ2) is 7.09. The van der Waals surface area contributed by atoms with E-state index in [1.54, 1.807) is 7.11 Å². The van der Waals surface area contributed by atoms with Crippen molar-refractivity contribution >= 4 is 17.2 Å². The summed E-state index contributed by atoms with van der Waals surface area (Å²) in [6.45, 7) is 2.61. The van der Waals surface area contributed by atoms with Gasteiger partial charge in [-0.05, 0) is 36.2 Å². The van der Waals surface area contributed by atoms with Gasteiger partial charge < -0.3 is 15.2 Å². The smallest absolute Gasteiger partial charge is 0.122 e. The lowest BCUT2D eigenvalue weighted by atomic mass is 10.1. The van der Waals surface area contributed by atoms with Crippen LogP contribution in [-0.2, 0) is 6.42 Å². The minimum atomic E-state index is 0.384. The molecule has 0 fully saturated rings. The summed E-state index contributed by atoms with van der Waals surface area (Å²) in [5, 5.41) is 0. The van der Waals surface area contributed by atoms with Crippen LogP contribution in [0.2, 0.25) is 0 Å². The maximum Gasteiger partial charge on any atom is 0.122 e. The van der Waals surface area contributed by atoms with Crippen molar-refractivity contribution in [3.8, 4) is 11.5 Å². The normalized spacial score (nSPS) is 10.2. The summed E-state index contributed by atoms with van der Waals surface area (Å²) in [5.74, 6) is 1.69. The zero-order valence-corrected chi connectivity index (χ0v) is 13.1. The van der Waals surface area contributed by atoms with Crippen molar-refractivity contribution in [2.75, 3.05) is 13.7 Å². The fraction of sp³-hybridized carbons (Fsp3) is 0.235. The minimum Gasteiger partial charge on any atom is -0.497 e. The second-order valence-corrected chi connectivity index (χ2v) is 5.23. The molecule has 0 radical (unpaired) electrons. The monoisotopic (exact) mass is 301 g/mol. The van der Waals surface area contributed by atoms with Gasteiger partial charge in [-0.1, -0.05) is 36.5 Å². The minimum absolute atomic E-state index is 0.384. The standard InChI is InChI=1S/C17H19NO2S/c1-12-3-6-14(17(18)21)11-16(12)20-10-9-13-4-7-15(19-2)8-5-13/h3-8,11H,9-10H2,1-2H3,(H2,18,21). The van der Waals surface area contributed by atoms with Gasteiger partial charge in [0, 0.05) is 12.0 Å². The Bertz CT molecular complexity index is 623. The molecule has 2 N–H and O–H groups in total. The summed E-state index contributed by atoms with van der Waals surface area (Å²) < 4.78 is 11.0. The van der Waals surface area contributed by atoms with Crippen LogP contribution in [0.5, 0.6) is 11.5 Å². The van der Waals surface area contributed by atoms with Crippen molar-refractivity contribution in [1.82, 2.24) is 0 Å². The summed E-state index contributed by atoms with van der Waals surface area (Å²) in [7, 11) is 1.66. The van der Waals surface area contributed by atoms with Crippen molar-refractivity contribution in [2.24, 2.45) is 5.73 Å². The summed E-state index contributed by atoms with van der Waals surface area (Å²) in [6.07, 6.45) is 0.834. The van der Waals surface area contributed by atoms with E-state index < -0.39 is 0 Å². The lowest BCUT2D eigenvalue weighted by Crippen LogP contribution is -2.10. The van der Waals surface area contributed by atoms with Gasteiger partial charge in [-0.2, -0.15) is 0 Å². The Kier molecular flexibility index (Phi) is 5.17. The topological polar surface area (TPSA) is 44.5 Å². The molecule has 0 aliphatic rings. The number of benzene rings is 2. The third kappa shape index (κ3) is 4.20. The fourth-order valence-electron chi connectivity index (χ4n) is 1.98. The summed E-state index contributed by atoms with van der Waals surface area (Å²) >= 11 is 4.99. The Morgan fingerprint density at radius 1 is 1.14 bits per heavy atom. The third-order valence-electron chi connectivity index (χ3n) is 3.28. The van der Waals surface area contributed by atoms with Gasteiger partial charge in [0.2, 0.25) is 0 Å². The van der Waals surface area contributed by atoms with Crippen molar-refractivity contribution in [3.05, 3.63) is 59.2 Å². The first kappa shape index (κ1) is 15.3. The molecule has 2 aromatic carbocycles. The molecule has 0 spiro atoms. The predicted octanol–water partition coefficient (Wildman–Crippen LogP) is 3.26. The zero-order valence-electron chi connectivity index (χ0n) is 12.3. The van der Waals surface area contributed by atoms with Crippen molar-refractivity contribution in [3.63, 3.8) is 0 Å². The number of hydrogen-bond acceptors (Lipinski definition) is 3. The van der Waals surface area contributed by atoms with Crippen molar-refractivity contribution in [1.29, 1.82) is 0 Å². The van der Waals surface area contributed by atoms with E-state index in [9.17, 15) is 0 Å². The fourth-order valence-corrected chi connectivity index (χ4v) is 2.11. The van der Waals surface area contributed by atoms with Crippen LogP contribution in [0.4, 0.5) is 0 Å². The Morgan fingerprint density at radius 3 is 2.48 bits per heavy atom. The number of methoxy groups -OCH3 is 1. The predicted molar refractivity (Wildman–Crippen MR) is 89.3 cm³/mol. The maximum absolute atomic E-state index is 5.84. The van der Waals surface area contributed by atoms with E-state index in [1.807, 2.05) is 49.4 Å². The van der Waals surface area contributed by atoms with Crippen LogP contribution in [0.1, 0.15) is 16.7 Å². The molecule has 21 heavy (non-hydrogen) atoms. The first-order valence-corrected chi connectivity index (χ1v) is 7.17. The first-order chi connectivity index (χ1) is 10.1. The van der Waals surface area contributed by atoms with Gasteiger partial charge in [0.05, 0.1) is 13.7 Å². The average Bonchev–Trinajstić information content (AvgIpc) is 2.49. The maximum atomic E-state index is 5.84. The van der Waals surface area contributed by atoms with E-state index in [-0.39, 0.29) is 0 Å². The van der Waals surface area contributed by atoms with Crippen LogP contribution < -0.4 is 15.2 Å². The molecule has 0 heterocycles. The quantitative estimate of drug-likeness (QED) is 0.832. The van der Waals surface area contributed by atoms with Gasteiger partial charge in [-0.3, -0.25) is 0 Å². The number of rotatable bonds is 6. The number of thiocarbonyl (C=S) groups is 1. The van der Waals surface area contributed by atoms with E-state index >= 15 is 0 Å². The summed E-state index contributed by atoms with van der Waals surface area (Å²) in [6, 6.07) is 13.8. The SMILES string of the molecule is COc1ccc(CCOc2cc(C(N)=S)ccc2C)cc1. The molecule has 0 aromatic heterocycles. The number of ether oxygens (including phenoxy) is 2. The molecule has 0 saturated heterocycles. The molecule has 2 aromatic rings. The van der Waals surface area contributed by atoms with E-state index in [1.165, 1.54) is 5.56 Å². The molecular formula is C17H19NO2S. The van der Waals surface area contributed by atoms with Crippen LogP contribution in [0, 0.1) is 6.92 Å². The van der Waals surface area contributed by atoms with Crippen molar-refractivity contribution in [2.45, 2.75) is 13.3 Å². The highest BCUT2D eigenvalue weighted by atomic mass is 32.1. The molecule has 0 aliphatic carbocycles. The van der Waals surface area contributed by atoms with E-state index in [2.05, 4.69) is 0 Å². The average molecular weight is 301 g/mol. The van der Waals surface area contributed by atoms with E-state index in [4.69, 9.17) is 27.4 Å². The van der Waals surface area contributed by atoms with Crippen LogP contribution in [0.15, 0.2) is 42.5 Å². The molecule has 0 atom stereocenters. The highest BCUT2D eigenvalue weighted by Crippen LogP contribution is 2.20. The van der Waals surface area contributed by atoms with Gasteiger partial charge in [0.15, 0.2) is 0 Å². The van der Waals surface area contributed by atoms with Crippen LogP contribution in [-0.4, -0.2) is 18.7 Å². The highest BCUT2D eigenvalue weighted by Gasteiger charge is 2.04. The van der Waals surface area contributed by atoms with Gasteiger partial charge in [-0.25, -0.2) is 0 Å². The van der Waals surface area contributed by atoms with Crippen molar-refractivity contribution < 1.29 is 9.47 Å². The number of hydrogen-bond donors (Lipinski definition) is 1. The van der Waals surface area contributed by atoms with Crippen LogP contribution in [0.3, 0.4) is 0 Å². The number of aryl methyl sites for hydroxylation is 1. The van der Waals surface area contributed by atoms with Gasteiger partial charge in [0.1, 0.15) is 16.5 Å². The molecule has 0 amide bonds.